The van der Waals surface area contributed by atoms with E-state index in [1.54, 1.807) is 13.8 Å². The monoisotopic (exact) mass is 316 g/mol. The van der Waals surface area contributed by atoms with Gasteiger partial charge in [0.15, 0.2) is 5.69 Å². The number of carbonyl (C=O) groups excluding carboxylic acids is 1. The summed E-state index contributed by atoms with van der Waals surface area (Å²) in [6.45, 7) is 3.36. The molecule has 0 saturated heterocycles. The molecular formula is C13H11Cl2FN2O2. The molecule has 1 N–H and O–H groups in total. The lowest BCUT2D eigenvalue weighted by atomic mass is 10.1. The minimum atomic E-state index is -0.593. The maximum Gasteiger partial charge on any atom is 0.273 e. The maximum atomic E-state index is 13.5. The van der Waals surface area contributed by atoms with E-state index in [9.17, 15) is 9.18 Å². The van der Waals surface area contributed by atoms with Gasteiger partial charge in [0.1, 0.15) is 11.6 Å². The van der Waals surface area contributed by atoms with Gasteiger partial charge in [0.2, 0.25) is 0 Å². The molecule has 0 aliphatic heterocycles. The molecule has 20 heavy (non-hydrogen) atoms. The molecule has 0 spiro atoms. The molecule has 1 amide bonds. The molecule has 0 aliphatic carbocycles. The molecule has 1 aromatic heterocycles. The van der Waals surface area contributed by atoms with Gasteiger partial charge in [-0.3, -0.25) is 4.79 Å². The number of carbonyl (C=O) groups is 1. The Morgan fingerprint density at radius 3 is 2.65 bits per heavy atom. The SMILES string of the molecule is Cc1cc(C(=O)NC(C)c2cc(F)c(Cl)cc2Cl)no1. The molecule has 4 nitrogen and oxygen atoms in total. The highest BCUT2D eigenvalue weighted by molar-refractivity contribution is 6.35. The van der Waals surface area contributed by atoms with Crippen molar-refractivity contribution in [2.75, 3.05) is 0 Å². The van der Waals surface area contributed by atoms with E-state index in [0.29, 0.717) is 11.3 Å². The van der Waals surface area contributed by atoms with Crippen molar-refractivity contribution in [3.8, 4) is 0 Å². The van der Waals surface area contributed by atoms with Gasteiger partial charge >= 0.3 is 0 Å². The molecule has 1 unspecified atom stereocenters. The number of aromatic nitrogens is 1. The number of aryl methyl sites for hydroxylation is 1. The fourth-order valence-electron chi connectivity index (χ4n) is 1.69. The van der Waals surface area contributed by atoms with Gasteiger partial charge in [0.25, 0.3) is 5.91 Å². The molecule has 0 fully saturated rings. The summed E-state index contributed by atoms with van der Waals surface area (Å²) in [7, 11) is 0. The molecule has 0 radical (unpaired) electrons. The first-order chi connectivity index (χ1) is 9.38. The van der Waals surface area contributed by atoms with Gasteiger partial charge < -0.3 is 9.84 Å². The first-order valence-electron chi connectivity index (χ1n) is 5.77. The Balaban J connectivity index is 2.18. The molecule has 1 aromatic carbocycles. The highest BCUT2D eigenvalue weighted by atomic mass is 35.5. The first-order valence-corrected chi connectivity index (χ1v) is 6.52. The molecule has 1 atom stereocenters. The average Bonchev–Trinajstić information content (AvgIpc) is 2.80. The summed E-state index contributed by atoms with van der Waals surface area (Å²) >= 11 is 11.6. The van der Waals surface area contributed by atoms with Crippen molar-refractivity contribution < 1.29 is 13.7 Å². The van der Waals surface area contributed by atoms with Gasteiger partial charge in [-0.15, -0.1) is 0 Å². The van der Waals surface area contributed by atoms with Crippen molar-refractivity contribution in [2.45, 2.75) is 19.9 Å². The predicted molar refractivity (Wildman–Crippen MR) is 73.5 cm³/mol. The van der Waals surface area contributed by atoms with E-state index in [2.05, 4.69) is 10.5 Å². The Kier molecular flexibility index (Phi) is 4.30. The number of amides is 1. The van der Waals surface area contributed by atoms with Gasteiger partial charge in [-0.1, -0.05) is 28.4 Å². The third-order valence-corrected chi connectivity index (χ3v) is 3.33. The summed E-state index contributed by atoms with van der Waals surface area (Å²) in [5, 5.41) is 6.47. The van der Waals surface area contributed by atoms with E-state index < -0.39 is 17.8 Å². The summed E-state index contributed by atoms with van der Waals surface area (Å²) in [5.41, 5.74) is 0.585. The highest BCUT2D eigenvalue weighted by Gasteiger charge is 2.18. The summed E-state index contributed by atoms with van der Waals surface area (Å²) in [4.78, 5) is 11.9. The number of hydrogen-bond acceptors (Lipinski definition) is 3. The van der Waals surface area contributed by atoms with E-state index in [1.807, 2.05) is 0 Å². The van der Waals surface area contributed by atoms with Crippen molar-refractivity contribution in [3.63, 3.8) is 0 Å². The van der Waals surface area contributed by atoms with Crippen LogP contribution >= 0.6 is 23.2 Å². The van der Waals surface area contributed by atoms with Crippen molar-refractivity contribution in [3.05, 3.63) is 51.1 Å². The van der Waals surface area contributed by atoms with Crippen LogP contribution in [0.4, 0.5) is 4.39 Å². The highest BCUT2D eigenvalue weighted by Crippen LogP contribution is 2.28. The molecule has 2 aromatic rings. The molecule has 0 saturated carbocycles. The van der Waals surface area contributed by atoms with Gasteiger partial charge in [0, 0.05) is 11.1 Å². The number of hydrogen-bond donors (Lipinski definition) is 1. The second kappa shape index (κ2) is 5.81. The smallest absolute Gasteiger partial charge is 0.273 e. The molecule has 106 valence electrons. The Hall–Kier alpha value is -1.59. The Morgan fingerprint density at radius 1 is 1.35 bits per heavy atom. The lowest BCUT2D eigenvalue weighted by Crippen LogP contribution is -2.27. The molecule has 7 heteroatoms. The van der Waals surface area contributed by atoms with Crippen LogP contribution in [-0.2, 0) is 0 Å². The minimum absolute atomic E-state index is 0.0654. The number of nitrogens with one attached hydrogen (secondary N) is 1. The lowest BCUT2D eigenvalue weighted by Gasteiger charge is -2.15. The fraction of sp³-hybridized carbons (Fsp3) is 0.231. The Bertz CT molecular complexity index is 658. The maximum absolute atomic E-state index is 13.5. The Morgan fingerprint density at radius 2 is 2.05 bits per heavy atom. The van der Waals surface area contributed by atoms with Crippen LogP contribution < -0.4 is 5.32 Å². The second-order valence-corrected chi connectivity index (χ2v) is 5.12. The zero-order valence-corrected chi connectivity index (χ0v) is 12.2. The summed E-state index contributed by atoms with van der Waals surface area (Å²) < 4.78 is 18.3. The van der Waals surface area contributed by atoms with E-state index in [-0.39, 0.29) is 15.7 Å². The third kappa shape index (κ3) is 3.11. The molecule has 2 rings (SSSR count). The molecular weight excluding hydrogens is 306 g/mol. The summed E-state index contributed by atoms with van der Waals surface area (Å²) in [6, 6.07) is 3.51. The number of rotatable bonds is 3. The first kappa shape index (κ1) is 14.8. The van der Waals surface area contributed by atoms with Crippen molar-refractivity contribution in [2.24, 2.45) is 0 Å². The van der Waals surface area contributed by atoms with Crippen LogP contribution in [0.1, 0.15) is 34.8 Å². The van der Waals surface area contributed by atoms with E-state index in [0.717, 1.165) is 0 Å². The van der Waals surface area contributed by atoms with Gasteiger partial charge in [-0.2, -0.15) is 0 Å². The van der Waals surface area contributed by atoms with Crippen LogP contribution in [0.25, 0.3) is 0 Å². The van der Waals surface area contributed by atoms with Crippen LogP contribution in [-0.4, -0.2) is 11.1 Å². The predicted octanol–water partition coefficient (Wildman–Crippen LogP) is 3.92. The van der Waals surface area contributed by atoms with Crippen LogP contribution in [0.2, 0.25) is 10.0 Å². The van der Waals surface area contributed by atoms with Crippen LogP contribution in [0, 0.1) is 12.7 Å². The number of nitrogens with zero attached hydrogens (tertiary/aromatic N) is 1. The van der Waals surface area contributed by atoms with Crippen molar-refractivity contribution >= 4 is 29.1 Å². The second-order valence-electron chi connectivity index (χ2n) is 4.31. The van der Waals surface area contributed by atoms with Crippen LogP contribution in [0.5, 0.6) is 0 Å². The normalized spacial score (nSPS) is 12.2. The quantitative estimate of drug-likeness (QED) is 0.873. The molecule has 0 bridgehead atoms. The minimum Gasteiger partial charge on any atom is -0.361 e. The van der Waals surface area contributed by atoms with Crippen LogP contribution in [0.3, 0.4) is 0 Å². The lowest BCUT2D eigenvalue weighted by molar-refractivity contribution is 0.0930. The van der Waals surface area contributed by atoms with E-state index in [1.165, 1.54) is 18.2 Å². The number of benzene rings is 1. The van der Waals surface area contributed by atoms with Crippen molar-refractivity contribution in [1.29, 1.82) is 0 Å². The van der Waals surface area contributed by atoms with Crippen molar-refractivity contribution in [1.82, 2.24) is 10.5 Å². The average molecular weight is 317 g/mol. The fourth-order valence-corrected chi connectivity index (χ4v) is 2.24. The Labute approximate surface area is 124 Å². The molecule has 1 heterocycles. The summed E-state index contributed by atoms with van der Waals surface area (Å²) in [6.07, 6.45) is 0. The van der Waals surface area contributed by atoms with E-state index in [4.69, 9.17) is 27.7 Å². The standard InChI is InChI=1S/C13H11Cl2FN2O2/c1-6-3-12(18-20-6)13(19)17-7(2)8-4-11(16)10(15)5-9(8)14/h3-5,7H,1-2H3,(H,17,19). The zero-order chi connectivity index (χ0) is 14.9. The van der Waals surface area contributed by atoms with E-state index >= 15 is 0 Å². The van der Waals surface area contributed by atoms with Crippen LogP contribution in [0.15, 0.2) is 22.7 Å². The third-order valence-electron chi connectivity index (χ3n) is 2.71. The largest absolute Gasteiger partial charge is 0.361 e. The van der Waals surface area contributed by atoms with Gasteiger partial charge in [-0.25, -0.2) is 4.39 Å². The number of halogens is 3. The zero-order valence-electron chi connectivity index (χ0n) is 10.7. The molecule has 0 aliphatic rings. The van der Waals surface area contributed by atoms with Gasteiger partial charge in [-0.05, 0) is 31.5 Å². The topological polar surface area (TPSA) is 55.1 Å². The summed E-state index contributed by atoms with van der Waals surface area (Å²) in [5.74, 6) is -0.497. The van der Waals surface area contributed by atoms with Gasteiger partial charge in [0.05, 0.1) is 11.1 Å².